The summed E-state index contributed by atoms with van der Waals surface area (Å²) in [6.07, 6.45) is 0. The van der Waals surface area contributed by atoms with Gasteiger partial charge in [0, 0.05) is 25.6 Å². The molecule has 11 heavy (non-hydrogen) atoms. The topological polar surface area (TPSA) is 59.6 Å². The summed E-state index contributed by atoms with van der Waals surface area (Å²) in [5.74, 6) is 0.210. The maximum absolute atomic E-state index is 11.5. The van der Waals surface area contributed by atoms with Crippen molar-refractivity contribution in [3.8, 4) is 0 Å². The minimum absolute atomic E-state index is 0.210. The number of rotatable bonds is 3. The second-order valence-corrected chi connectivity index (χ2v) is 2.38. The van der Waals surface area contributed by atoms with E-state index in [0.29, 0.717) is 13.1 Å². The van der Waals surface area contributed by atoms with Crippen molar-refractivity contribution in [2.75, 3.05) is 26.5 Å². The van der Waals surface area contributed by atoms with Crippen LogP contribution in [0.2, 0.25) is 0 Å². The zero-order valence-corrected chi connectivity index (χ0v) is 6.22. The highest BCUT2D eigenvalue weighted by molar-refractivity contribution is 5.90. The lowest BCUT2D eigenvalue weighted by atomic mass is 10.1. The van der Waals surface area contributed by atoms with Gasteiger partial charge in [-0.05, 0) is 0 Å². The van der Waals surface area contributed by atoms with Gasteiger partial charge in [0.2, 0.25) is 0 Å². The Bertz CT molecular complexity index is 151. The minimum Gasteiger partial charge on any atom is -0.362 e. The molecule has 3 N–H and O–H groups in total. The molecule has 1 rings (SSSR count). The van der Waals surface area contributed by atoms with Crippen LogP contribution < -0.4 is 11.1 Å². The highest BCUT2D eigenvalue weighted by atomic mass is 19.1. The van der Waals surface area contributed by atoms with Crippen LogP contribution >= 0.6 is 0 Å². The van der Waals surface area contributed by atoms with Gasteiger partial charge in [0.15, 0.2) is 0 Å². The molecule has 1 heterocycles. The average molecular weight is 161 g/mol. The molecule has 64 valence electrons. The number of nitrogens with two attached hydrogens (primary N) is 1. The van der Waals surface area contributed by atoms with Crippen LogP contribution in [0.25, 0.3) is 0 Å². The van der Waals surface area contributed by atoms with Crippen LogP contribution in [-0.2, 0) is 4.84 Å². The monoisotopic (exact) mass is 161 g/mol. The molecule has 0 aliphatic carbocycles. The number of nitrogens with zero attached hydrogens (tertiary/aromatic N) is 1. The lowest BCUT2D eigenvalue weighted by Crippen LogP contribution is -2.22. The summed E-state index contributed by atoms with van der Waals surface area (Å²) in [5.41, 5.74) is 6.24. The molecular formula is C6H12FN3O. The molecule has 1 unspecified atom stereocenters. The van der Waals surface area contributed by atoms with Crippen LogP contribution in [-0.4, -0.2) is 32.2 Å². The van der Waals surface area contributed by atoms with E-state index in [9.17, 15) is 4.39 Å². The predicted molar refractivity (Wildman–Crippen MR) is 39.9 cm³/mol. The summed E-state index contributed by atoms with van der Waals surface area (Å²) in [6, 6.07) is 0. The van der Waals surface area contributed by atoms with Crippen LogP contribution in [0.5, 0.6) is 0 Å². The predicted octanol–water partition coefficient (Wildman–Crippen LogP) is -0.536. The molecule has 0 aromatic rings. The molecule has 1 atom stereocenters. The Morgan fingerprint density at radius 1 is 1.82 bits per heavy atom. The molecule has 0 amide bonds. The Labute approximate surface area is 64.6 Å². The normalized spacial score (nSPS) is 27.8. The van der Waals surface area contributed by atoms with Gasteiger partial charge >= 0.3 is 0 Å². The van der Waals surface area contributed by atoms with E-state index in [0.717, 1.165) is 12.3 Å². The minimum atomic E-state index is -0.874. The zero-order chi connectivity index (χ0) is 8.10. The van der Waals surface area contributed by atoms with Gasteiger partial charge in [0.05, 0.1) is 5.71 Å². The van der Waals surface area contributed by atoms with Crippen molar-refractivity contribution in [3.63, 3.8) is 0 Å². The molecule has 0 radical (unpaired) electrons. The maximum Gasteiger partial charge on any atom is 0.255 e. The second kappa shape index (κ2) is 4.25. The van der Waals surface area contributed by atoms with Crippen molar-refractivity contribution in [2.24, 2.45) is 16.8 Å². The second-order valence-electron chi connectivity index (χ2n) is 2.38. The number of hydrogen-bond acceptors (Lipinski definition) is 4. The molecule has 0 saturated carbocycles. The molecule has 1 fully saturated rings. The number of hydrogen-bond donors (Lipinski definition) is 2. The van der Waals surface area contributed by atoms with Crippen molar-refractivity contribution in [3.05, 3.63) is 0 Å². The van der Waals surface area contributed by atoms with Crippen molar-refractivity contribution in [1.82, 2.24) is 5.32 Å². The van der Waals surface area contributed by atoms with Crippen LogP contribution in [0, 0.1) is 5.92 Å². The van der Waals surface area contributed by atoms with Gasteiger partial charge in [-0.15, -0.1) is 0 Å². The molecule has 1 aliphatic heterocycles. The Morgan fingerprint density at radius 3 is 3.27 bits per heavy atom. The quantitative estimate of drug-likeness (QED) is 0.547. The van der Waals surface area contributed by atoms with Crippen LogP contribution in [0.1, 0.15) is 0 Å². The molecule has 1 saturated heterocycles. The summed E-state index contributed by atoms with van der Waals surface area (Å²) in [6.45, 7) is 1.12. The fraction of sp³-hybridized carbons (Fsp3) is 0.833. The summed E-state index contributed by atoms with van der Waals surface area (Å²) in [5, 5.41) is 6.66. The fourth-order valence-electron chi connectivity index (χ4n) is 1.07. The molecule has 5 heteroatoms. The third-order valence-corrected chi connectivity index (χ3v) is 1.68. The lowest BCUT2D eigenvalue weighted by Gasteiger charge is -2.03. The highest BCUT2D eigenvalue weighted by Crippen LogP contribution is 2.03. The van der Waals surface area contributed by atoms with E-state index in [1.54, 1.807) is 0 Å². The van der Waals surface area contributed by atoms with Crippen LogP contribution in [0.4, 0.5) is 4.39 Å². The van der Waals surface area contributed by atoms with Crippen molar-refractivity contribution >= 4 is 5.71 Å². The van der Waals surface area contributed by atoms with Crippen molar-refractivity contribution < 1.29 is 9.23 Å². The Hall–Kier alpha value is -0.680. The molecule has 1 aliphatic rings. The van der Waals surface area contributed by atoms with E-state index >= 15 is 0 Å². The molecule has 4 nitrogen and oxygen atoms in total. The maximum atomic E-state index is 11.5. The number of halogens is 1. The van der Waals surface area contributed by atoms with Gasteiger partial charge < -0.3 is 15.9 Å². The molecule has 0 spiro atoms. The first-order valence-corrected chi connectivity index (χ1v) is 3.54. The number of oxime groups is 1. The van der Waals surface area contributed by atoms with E-state index in [-0.39, 0.29) is 5.92 Å². The third-order valence-electron chi connectivity index (χ3n) is 1.68. The average Bonchev–Trinajstić information content (AvgIpc) is 2.47. The smallest absolute Gasteiger partial charge is 0.255 e. The largest absolute Gasteiger partial charge is 0.362 e. The summed E-state index contributed by atoms with van der Waals surface area (Å²) in [4.78, 5) is 4.28. The molecular weight excluding hydrogens is 149 g/mol. The van der Waals surface area contributed by atoms with E-state index in [1.807, 2.05) is 0 Å². The van der Waals surface area contributed by atoms with Gasteiger partial charge in [-0.2, -0.15) is 0 Å². The first kappa shape index (κ1) is 8.42. The zero-order valence-electron chi connectivity index (χ0n) is 6.22. The first-order valence-electron chi connectivity index (χ1n) is 3.54. The Kier molecular flexibility index (Phi) is 3.25. The number of nitrogens with one attached hydrogen (secondary N) is 1. The Morgan fingerprint density at radius 2 is 2.64 bits per heavy atom. The van der Waals surface area contributed by atoms with Crippen LogP contribution in [0.15, 0.2) is 5.16 Å². The first-order chi connectivity index (χ1) is 5.38. The van der Waals surface area contributed by atoms with E-state index in [4.69, 9.17) is 5.73 Å². The standard InChI is InChI=1S/C6H12FN3O/c7-4-11-10-6-3-9-2-5(6)1-8/h5,9H,1-4,8H2/b10-6+. The van der Waals surface area contributed by atoms with E-state index in [2.05, 4.69) is 15.3 Å². The molecule has 0 aromatic heterocycles. The van der Waals surface area contributed by atoms with Gasteiger partial charge in [-0.3, -0.25) is 0 Å². The summed E-state index contributed by atoms with van der Waals surface area (Å²) in [7, 11) is 0. The highest BCUT2D eigenvalue weighted by Gasteiger charge is 2.20. The lowest BCUT2D eigenvalue weighted by molar-refractivity contribution is 0.0626. The third kappa shape index (κ3) is 2.13. The van der Waals surface area contributed by atoms with Crippen molar-refractivity contribution in [1.29, 1.82) is 0 Å². The van der Waals surface area contributed by atoms with Gasteiger partial charge in [0.1, 0.15) is 0 Å². The van der Waals surface area contributed by atoms with E-state index < -0.39 is 6.86 Å². The van der Waals surface area contributed by atoms with Crippen molar-refractivity contribution in [2.45, 2.75) is 0 Å². The fourth-order valence-corrected chi connectivity index (χ4v) is 1.07. The van der Waals surface area contributed by atoms with Gasteiger partial charge in [-0.1, -0.05) is 5.16 Å². The Balaban J connectivity index is 2.42. The van der Waals surface area contributed by atoms with Gasteiger partial charge in [0.25, 0.3) is 6.86 Å². The molecule has 0 aromatic carbocycles. The summed E-state index contributed by atoms with van der Waals surface area (Å²) >= 11 is 0. The molecule has 0 bridgehead atoms. The SMILES string of the molecule is NCC1CNC/C1=N\OCF. The summed E-state index contributed by atoms with van der Waals surface area (Å²) < 4.78 is 11.5. The van der Waals surface area contributed by atoms with Gasteiger partial charge in [-0.25, -0.2) is 4.39 Å². The van der Waals surface area contributed by atoms with E-state index in [1.165, 1.54) is 0 Å². The van der Waals surface area contributed by atoms with Crippen LogP contribution in [0.3, 0.4) is 0 Å². The number of alkyl halides is 1.